The van der Waals surface area contributed by atoms with E-state index in [4.69, 9.17) is 11.6 Å². The largest absolute Gasteiger partial charge is 0.349 e. The van der Waals surface area contributed by atoms with Crippen LogP contribution in [0.2, 0.25) is 5.02 Å². The molecule has 1 aliphatic rings. The second kappa shape index (κ2) is 7.22. The number of pyridine rings is 1. The third-order valence-electron chi connectivity index (χ3n) is 5.31. The Morgan fingerprint density at radius 2 is 1.93 bits per heavy atom. The highest BCUT2D eigenvalue weighted by molar-refractivity contribution is 6.33. The Labute approximate surface area is 177 Å². The van der Waals surface area contributed by atoms with Crippen LogP contribution in [0.25, 0.3) is 28.2 Å². The third kappa shape index (κ3) is 3.44. The number of halogens is 2. The van der Waals surface area contributed by atoms with Crippen molar-refractivity contribution >= 4 is 23.2 Å². The van der Waals surface area contributed by atoms with Gasteiger partial charge in [-0.1, -0.05) is 17.7 Å². The van der Waals surface area contributed by atoms with Gasteiger partial charge >= 0.3 is 0 Å². The van der Waals surface area contributed by atoms with Crippen molar-refractivity contribution in [2.45, 2.75) is 25.8 Å². The molecule has 2 heterocycles. The quantitative estimate of drug-likeness (QED) is 0.502. The van der Waals surface area contributed by atoms with Gasteiger partial charge in [-0.3, -0.25) is 9.20 Å². The Morgan fingerprint density at radius 3 is 2.70 bits per heavy atom. The van der Waals surface area contributed by atoms with Crippen molar-refractivity contribution in [3.05, 3.63) is 76.7 Å². The summed E-state index contributed by atoms with van der Waals surface area (Å²) in [7, 11) is 0. The third-order valence-corrected chi connectivity index (χ3v) is 5.62. The highest BCUT2D eigenvalue weighted by Crippen LogP contribution is 2.30. The van der Waals surface area contributed by atoms with Gasteiger partial charge in [0.1, 0.15) is 5.82 Å². The summed E-state index contributed by atoms with van der Waals surface area (Å²) in [4.78, 5) is 12.4. The summed E-state index contributed by atoms with van der Waals surface area (Å²) in [5, 5.41) is 11.8. The highest BCUT2D eigenvalue weighted by atomic mass is 35.5. The molecule has 5 nitrogen and oxygen atoms in total. The SMILES string of the molecule is Cc1ccc(C(=O)NC2CC2)cc1-c1ccn2c(-c3ccc(F)cc3Cl)nnc2c1. The zero-order valence-corrected chi connectivity index (χ0v) is 16.9. The number of amides is 1. The van der Waals surface area contributed by atoms with Crippen molar-refractivity contribution in [1.29, 1.82) is 0 Å². The molecule has 0 radical (unpaired) electrons. The van der Waals surface area contributed by atoms with Gasteiger partial charge < -0.3 is 5.32 Å². The van der Waals surface area contributed by atoms with Gasteiger partial charge in [-0.2, -0.15) is 0 Å². The Morgan fingerprint density at radius 1 is 1.10 bits per heavy atom. The molecule has 150 valence electrons. The standard InChI is InChI=1S/C23H18ClFN4O/c1-13-2-3-15(23(30)26-17-5-6-17)10-19(13)14-8-9-29-21(11-14)27-28-22(29)18-7-4-16(25)12-20(18)24/h2-4,7-12,17H,5-6H2,1H3,(H,26,30). The maximum absolute atomic E-state index is 13.4. The van der Waals surface area contributed by atoms with Gasteiger partial charge in [-0.05, 0) is 78.9 Å². The number of carbonyl (C=O) groups is 1. The van der Waals surface area contributed by atoms with Crippen LogP contribution in [-0.4, -0.2) is 26.5 Å². The molecule has 2 aromatic carbocycles. The molecule has 7 heteroatoms. The topological polar surface area (TPSA) is 59.3 Å². The molecule has 0 bridgehead atoms. The average molecular weight is 421 g/mol. The maximum atomic E-state index is 13.4. The molecule has 1 fully saturated rings. The smallest absolute Gasteiger partial charge is 0.251 e. The fourth-order valence-electron chi connectivity index (χ4n) is 3.48. The minimum Gasteiger partial charge on any atom is -0.349 e. The summed E-state index contributed by atoms with van der Waals surface area (Å²) in [5.74, 6) is 0.0901. The van der Waals surface area contributed by atoms with Gasteiger partial charge in [0.15, 0.2) is 11.5 Å². The van der Waals surface area contributed by atoms with Crippen LogP contribution in [0.15, 0.2) is 54.7 Å². The summed E-state index contributed by atoms with van der Waals surface area (Å²) < 4.78 is 15.2. The number of nitrogens with one attached hydrogen (secondary N) is 1. The lowest BCUT2D eigenvalue weighted by Crippen LogP contribution is -2.25. The van der Waals surface area contributed by atoms with E-state index in [-0.39, 0.29) is 10.9 Å². The molecule has 0 aliphatic heterocycles. The van der Waals surface area contributed by atoms with E-state index in [0.717, 1.165) is 29.5 Å². The molecule has 0 saturated heterocycles. The van der Waals surface area contributed by atoms with Crippen LogP contribution >= 0.6 is 11.6 Å². The lowest BCUT2D eigenvalue weighted by atomic mass is 9.98. The molecule has 0 unspecified atom stereocenters. The number of hydrogen-bond donors (Lipinski definition) is 1. The van der Waals surface area contributed by atoms with Crippen LogP contribution in [-0.2, 0) is 0 Å². The molecule has 5 rings (SSSR count). The number of carbonyl (C=O) groups excluding carboxylic acids is 1. The van der Waals surface area contributed by atoms with Crippen LogP contribution < -0.4 is 5.32 Å². The predicted molar refractivity (Wildman–Crippen MR) is 114 cm³/mol. The van der Waals surface area contributed by atoms with Crippen molar-refractivity contribution < 1.29 is 9.18 Å². The van der Waals surface area contributed by atoms with Crippen LogP contribution in [0.3, 0.4) is 0 Å². The van der Waals surface area contributed by atoms with Gasteiger partial charge in [0.2, 0.25) is 0 Å². The molecule has 1 saturated carbocycles. The lowest BCUT2D eigenvalue weighted by molar-refractivity contribution is 0.0951. The predicted octanol–water partition coefficient (Wildman–Crippen LogP) is 5.06. The highest BCUT2D eigenvalue weighted by Gasteiger charge is 2.24. The Balaban J connectivity index is 1.54. The second-order valence-electron chi connectivity index (χ2n) is 7.57. The number of rotatable bonds is 4. The van der Waals surface area contributed by atoms with Gasteiger partial charge in [0.25, 0.3) is 5.91 Å². The fraction of sp³-hybridized carbons (Fsp3) is 0.174. The van der Waals surface area contributed by atoms with Gasteiger partial charge in [0, 0.05) is 23.4 Å². The lowest BCUT2D eigenvalue weighted by Gasteiger charge is -2.10. The summed E-state index contributed by atoms with van der Waals surface area (Å²) in [6, 6.07) is 14.1. The van der Waals surface area contributed by atoms with E-state index in [1.165, 1.54) is 12.1 Å². The molecular weight excluding hydrogens is 403 g/mol. The summed E-state index contributed by atoms with van der Waals surface area (Å²) in [6.07, 6.45) is 3.96. The first-order valence-electron chi connectivity index (χ1n) is 9.72. The second-order valence-corrected chi connectivity index (χ2v) is 7.98. The van der Waals surface area contributed by atoms with Crippen LogP contribution in [0, 0.1) is 12.7 Å². The minimum atomic E-state index is -0.402. The van der Waals surface area contributed by atoms with Gasteiger partial charge in [0.05, 0.1) is 5.02 Å². The van der Waals surface area contributed by atoms with E-state index in [1.54, 1.807) is 6.07 Å². The number of aryl methyl sites for hydroxylation is 1. The average Bonchev–Trinajstić information content (AvgIpc) is 3.44. The number of nitrogens with zero attached hydrogens (tertiary/aromatic N) is 3. The van der Waals surface area contributed by atoms with Crippen molar-refractivity contribution in [2.75, 3.05) is 0 Å². The first kappa shape index (κ1) is 18.8. The summed E-state index contributed by atoms with van der Waals surface area (Å²) in [5.41, 5.74) is 4.84. The van der Waals surface area contributed by atoms with E-state index in [1.807, 2.05) is 47.9 Å². The summed E-state index contributed by atoms with van der Waals surface area (Å²) in [6.45, 7) is 2.01. The first-order valence-corrected chi connectivity index (χ1v) is 10.1. The van der Waals surface area contributed by atoms with Gasteiger partial charge in [-0.15, -0.1) is 10.2 Å². The molecule has 1 N–H and O–H groups in total. The zero-order chi connectivity index (χ0) is 20.8. The van der Waals surface area contributed by atoms with E-state index < -0.39 is 5.82 Å². The Kier molecular flexibility index (Phi) is 4.51. The monoisotopic (exact) mass is 420 g/mol. The van der Waals surface area contributed by atoms with E-state index in [0.29, 0.717) is 28.6 Å². The van der Waals surface area contributed by atoms with Crippen molar-refractivity contribution in [1.82, 2.24) is 19.9 Å². The molecule has 30 heavy (non-hydrogen) atoms. The number of fused-ring (bicyclic) bond motifs is 1. The van der Waals surface area contributed by atoms with Crippen molar-refractivity contribution in [2.24, 2.45) is 0 Å². The van der Waals surface area contributed by atoms with Crippen molar-refractivity contribution in [3.63, 3.8) is 0 Å². The van der Waals surface area contributed by atoms with Crippen LogP contribution in [0.1, 0.15) is 28.8 Å². The Bertz CT molecular complexity index is 1300. The molecule has 1 amide bonds. The van der Waals surface area contributed by atoms with Gasteiger partial charge in [-0.25, -0.2) is 4.39 Å². The molecular formula is C23H18ClFN4O. The summed E-state index contributed by atoms with van der Waals surface area (Å²) >= 11 is 6.20. The molecule has 1 aliphatic carbocycles. The maximum Gasteiger partial charge on any atom is 0.251 e. The number of aromatic nitrogens is 3. The fourth-order valence-corrected chi connectivity index (χ4v) is 3.74. The minimum absolute atomic E-state index is 0.0458. The molecule has 2 aromatic heterocycles. The number of hydrogen-bond acceptors (Lipinski definition) is 3. The van der Waals surface area contributed by atoms with E-state index in [2.05, 4.69) is 15.5 Å². The molecule has 0 spiro atoms. The Hall–Kier alpha value is -3.25. The zero-order valence-electron chi connectivity index (χ0n) is 16.2. The van der Waals surface area contributed by atoms with Crippen LogP contribution in [0.5, 0.6) is 0 Å². The van der Waals surface area contributed by atoms with E-state index in [9.17, 15) is 9.18 Å². The van der Waals surface area contributed by atoms with Crippen LogP contribution in [0.4, 0.5) is 4.39 Å². The normalized spacial score (nSPS) is 13.6. The number of benzene rings is 2. The molecule has 0 atom stereocenters. The first-order chi connectivity index (χ1) is 14.5. The molecule has 4 aromatic rings. The van der Waals surface area contributed by atoms with E-state index >= 15 is 0 Å². The van der Waals surface area contributed by atoms with Crippen molar-refractivity contribution in [3.8, 4) is 22.5 Å².